The van der Waals surface area contributed by atoms with E-state index in [9.17, 15) is 17.6 Å². The van der Waals surface area contributed by atoms with Crippen molar-refractivity contribution in [2.45, 2.75) is 33.2 Å². The number of nitrogens with two attached hydrogens (primary N) is 1. The number of hydrogen-bond acceptors (Lipinski definition) is 8. The molecule has 0 radical (unpaired) electrons. The predicted molar refractivity (Wildman–Crippen MR) is 141 cm³/mol. The van der Waals surface area contributed by atoms with Crippen LogP contribution in [0, 0.1) is 11.6 Å². The quantitative estimate of drug-likeness (QED) is 0.287. The minimum absolute atomic E-state index is 0.000612. The molecule has 1 atom stereocenters. The van der Waals surface area contributed by atoms with Crippen LogP contribution in [-0.2, 0) is 0 Å². The van der Waals surface area contributed by atoms with Gasteiger partial charge in [0.15, 0.2) is 5.82 Å². The van der Waals surface area contributed by atoms with E-state index in [1.807, 2.05) is 13.8 Å². The van der Waals surface area contributed by atoms with Gasteiger partial charge in [-0.3, -0.25) is 4.39 Å². The van der Waals surface area contributed by atoms with Crippen molar-refractivity contribution in [1.29, 1.82) is 0 Å². The van der Waals surface area contributed by atoms with Gasteiger partial charge in [0.05, 0.1) is 37.4 Å². The van der Waals surface area contributed by atoms with Crippen LogP contribution < -0.4 is 20.1 Å². The van der Waals surface area contributed by atoms with Crippen molar-refractivity contribution >= 4 is 45.0 Å². The van der Waals surface area contributed by atoms with E-state index >= 15 is 4.39 Å². The molecule has 0 amide bonds. The van der Waals surface area contributed by atoms with Crippen LogP contribution in [0.1, 0.15) is 20.8 Å². The number of alkyl halides is 3. The number of benzene rings is 1. The number of hydrogen-bond donors (Lipinski definition) is 1. The van der Waals surface area contributed by atoms with Crippen molar-refractivity contribution in [3.05, 3.63) is 34.9 Å². The molecule has 3 aromatic heterocycles. The SMILES string of the molecule is CC.CF.COc1nc2c3c(nc(-c4cc(N)nc5ccc(F)c(Cl)c45)c(F)c3n1)OC[C@H](C)N2CC(F)F. The molecule has 4 aromatic rings. The van der Waals surface area contributed by atoms with E-state index in [0.29, 0.717) is 7.18 Å². The van der Waals surface area contributed by atoms with Gasteiger partial charge in [0.25, 0.3) is 6.43 Å². The number of ether oxygens (including phenoxy) is 2. The number of nitrogen functional groups attached to an aromatic ring is 1. The minimum Gasteiger partial charge on any atom is -0.475 e. The lowest BCUT2D eigenvalue weighted by molar-refractivity contribution is 0.149. The first-order valence-corrected chi connectivity index (χ1v) is 12.1. The highest BCUT2D eigenvalue weighted by molar-refractivity contribution is 6.36. The lowest BCUT2D eigenvalue weighted by Crippen LogP contribution is -2.40. The number of halogens is 6. The molecular weight excluding hydrogens is 547 g/mol. The smallest absolute Gasteiger partial charge is 0.318 e. The second-order valence-electron chi connectivity index (χ2n) is 7.89. The molecule has 2 N–H and O–H groups in total. The molecule has 39 heavy (non-hydrogen) atoms. The molecular formula is C25H26ClF5N6O2. The van der Waals surface area contributed by atoms with E-state index in [-0.39, 0.29) is 68.2 Å². The molecule has 210 valence electrons. The summed E-state index contributed by atoms with van der Waals surface area (Å²) in [4.78, 5) is 18.1. The molecule has 0 spiro atoms. The Morgan fingerprint density at radius 2 is 1.82 bits per heavy atom. The standard InChI is InChI=1S/C22H17ClF4N6O2.C2H6.CH3F/c1-8-7-35-21-15-19(31-22(34-2)32-20(15)33(8)6-12(25)26)17(27)18(30-21)9-5-13(28)29-11-4-3-10(24)16(23)14(9)11;2*1-2/h3-5,8,12H,6-7H2,1-2H3,(H2,28,29);1-2H3;1H3/t8-;;/m0../s1. The van der Waals surface area contributed by atoms with Crippen LogP contribution in [0.4, 0.5) is 33.6 Å². The number of aromatic nitrogens is 4. The van der Waals surface area contributed by atoms with Gasteiger partial charge in [-0.25, -0.2) is 27.5 Å². The predicted octanol–water partition coefficient (Wildman–Crippen LogP) is 6.23. The van der Waals surface area contributed by atoms with E-state index in [2.05, 4.69) is 19.9 Å². The molecule has 5 rings (SSSR count). The van der Waals surface area contributed by atoms with Crippen LogP contribution >= 0.6 is 11.6 Å². The molecule has 0 saturated carbocycles. The Balaban J connectivity index is 0.00000100. The summed E-state index contributed by atoms with van der Waals surface area (Å²) < 4.78 is 77.6. The molecule has 1 aromatic carbocycles. The van der Waals surface area contributed by atoms with Gasteiger partial charge in [0.1, 0.15) is 40.7 Å². The van der Waals surface area contributed by atoms with Crippen molar-refractivity contribution in [3.8, 4) is 23.1 Å². The fourth-order valence-corrected chi connectivity index (χ4v) is 4.33. The lowest BCUT2D eigenvalue weighted by Gasteiger charge is -2.28. The third-order valence-corrected chi connectivity index (χ3v) is 6.00. The number of pyridine rings is 2. The summed E-state index contributed by atoms with van der Waals surface area (Å²) in [6, 6.07) is 2.97. The molecule has 0 aliphatic carbocycles. The first-order chi connectivity index (χ1) is 18.7. The second kappa shape index (κ2) is 12.4. The van der Waals surface area contributed by atoms with Crippen LogP contribution in [0.2, 0.25) is 5.02 Å². The van der Waals surface area contributed by atoms with E-state index in [1.54, 1.807) is 6.92 Å². The van der Waals surface area contributed by atoms with Crippen molar-refractivity contribution < 1.29 is 31.4 Å². The van der Waals surface area contributed by atoms with E-state index < -0.39 is 30.6 Å². The highest BCUT2D eigenvalue weighted by atomic mass is 35.5. The molecule has 0 fully saturated rings. The van der Waals surface area contributed by atoms with Gasteiger partial charge in [-0.05, 0) is 25.1 Å². The monoisotopic (exact) mass is 572 g/mol. The number of rotatable bonds is 4. The summed E-state index contributed by atoms with van der Waals surface area (Å²) in [6.07, 6.45) is -2.70. The second-order valence-corrected chi connectivity index (χ2v) is 8.27. The van der Waals surface area contributed by atoms with Crippen LogP contribution in [-0.4, -0.2) is 59.8 Å². The molecule has 1 aliphatic rings. The van der Waals surface area contributed by atoms with E-state index in [4.69, 9.17) is 26.8 Å². The molecule has 0 bridgehead atoms. The van der Waals surface area contributed by atoms with Crippen molar-refractivity contribution in [2.75, 3.05) is 38.1 Å². The fraction of sp³-hybridized carbons (Fsp3) is 0.360. The first-order valence-electron chi connectivity index (χ1n) is 11.7. The Morgan fingerprint density at radius 1 is 1.13 bits per heavy atom. The summed E-state index contributed by atoms with van der Waals surface area (Å²) >= 11 is 6.21. The maximum Gasteiger partial charge on any atom is 0.318 e. The van der Waals surface area contributed by atoms with Crippen molar-refractivity contribution in [3.63, 3.8) is 0 Å². The van der Waals surface area contributed by atoms with Gasteiger partial charge in [0.2, 0.25) is 5.88 Å². The third kappa shape index (κ3) is 5.54. The molecule has 0 unspecified atom stereocenters. The molecule has 14 heteroatoms. The topological polar surface area (TPSA) is 99.3 Å². The zero-order valence-electron chi connectivity index (χ0n) is 21.7. The highest BCUT2D eigenvalue weighted by Crippen LogP contribution is 2.43. The maximum absolute atomic E-state index is 16.1. The maximum atomic E-state index is 16.1. The first kappa shape index (κ1) is 29.8. The normalized spacial score (nSPS) is 14.3. The summed E-state index contributed by atoms with van der Waals surface area (Å²) in [5, 5.41) is -0.210. The zero-order valence-corrected chi connectivity index (χ0v) is 22.5. The lowest BCUT2D eigenvalue weighted by atomic mass is 10.0. The average molecular weight is 573 g/mol. The van der Waals surface area contributed by atoms with Crippen LogP contribution in [0.25, 0.3) is 33.1 Å². The van der Waals surface area contributed by atoms with E-state index in [1.165, 1.54) is 24.1 Å². The molecule has 4 heterocycles. The number of anilines is 2. The van der Waals surface area contributed by atoms with Gasteiger partial charge in [-0.1, -0.05) is 25.4 Å². The van der Waals surface area contributed by atoms with Crippen molar-refractivity contribution in [1.82, 2.24) is 19.9 Å². The molecule has 1 aliphatic heterocycles. The number of nitrogens with zero attached hydrogens (tertiary/aromatic N) is 5. The Labute approximate surface area is 225 Å². The Hall–Kier alpha value is -3.74. The van der Waals surface area contributed by atoms with Crippen LogP contribution in [0.15, 0.2) is 18.2 Å². The summed E-state index contributed by atoms with van der Waals surface area (Å²) in [5.74, 6) is -1.78. The molecule has 0 saturated heterocycles. The molecule has 8 nitrogen and oxygen atoms in total. The summed E-state index contributed by atoms with van der Waals surface area (Å²) in [6.45, 7) is 4.93. The largest absolute Gasteiger partial charge is 0.475 e. The van der Waals surface area contributed by atoms with Gasteiger partial charge < -0.3 is 20.1 Å². The summed E-state index contributed by atoms with van der Waals surface area (Å²) in [5.41, 5.74) is 5.62. The number of fused-ring (bicyclic) bond motifs is 1. The third-order valence-electron chi connectivity index (χ3n) is 5.63. The van der Waals surface area contributed by atoms with Gasteiger partial charge in [-0.15, -0.1) is 0 Å². The Bertz CT molecular complexity index is 1490. The van der Waals surface area contributed by atoms with Gasteiger partial charge >= 0.3 is 6.01 Å². The van der Waals surface area contributed by atoms with Crippen LogP contribution in [0.5, 0.6) is 11.9 Å². The van der Waals surface area contributed by atoms with E-state index in [0.717, 1.165) is 6.07 Å². The van der Waals surface area contributed by atoms with Crippen molar-refractivity contribution in [2.24, 2.45) is 0 Å². The highest BCUT2D eigenvalue weighted by Gasteiger charge is 2.32. The zero-order chi connectivity index (χ0) is 29.0. The minimum atomic E-state index is -2.70. The Morgan fingerprint density at radius 3 is 2.46 bits per heavy atom. The fourth-order valence-electron chi connectivity index (χ4n) is 4.07. The van der Waals surface area contributed by atoms with Crippen LogP contribution in [0.3, 0.4) is 0 Å². The Kier molecular flexibility index (Phi) is 9.49. The summed E-state index contributed by atoms with van der Waals surface area (Å²) in [7, 11) is 1.77. The van der Waals surface area contributed by atoms with Gasteiger partial charge in [-0.2, -0.15) is 9.97 Å². The van der Waals surface area contributed by atoms with Gasteiger partial charge in [0, 0.05) is 10.9 Å². The number of methoxy groups -OCH3 is 1. The average Bonchev–Trinajstić information content (AvgIpc) is 3.06.